The molecule has 0 saturated heterocycles. The van der Waals surface area contributed by atoms with Crippen molar-refractivity contribution in [1.82, 2.24) is 4.98 Å². The molecule has 0 saturated carbocycles. The smallest absolute Gasteiger partial charge is 0.475 e. The molecule has 0 aliphatic heterocycles. The summed E-state index contributed by atoms with van der Waals surface area (Å²) in [7, 11) is 0. The molecule has 0 aliphatic carbocycles. The Labute approximate surface area is 141 Å². The van der Waals surface area contributed by atoms with E-state index in [0.717, 1.165) is 33.4 Å². The summed E-state index contributed by atoms with van der Waals surface area (Å²) in [6, 6.07) is 18.2. The number of hydrogen-bond acceptors (Lipinski definition) is 3. The number of halogens is 3. The van der Waals surface area contributed by atoms with Gasteiger partial charge in [-0.15, -0.1) is 0 Å². The van der Waals surface area contributed by atoms with Crippen molar-refractivity contribution in [2.45, 2.75) is 13.1 Å². The van der Waals surface area contributed by atoms with E-state index >= 15 is 0 Å². The van der Waals surface area contributed by atoms with Gasteiger partial charge in [0.25, 0.3) is 0 Å². The number of nitrogens with two attached hydrogens (primary N) is 1. The lowest BCUT2D eigenvalue weighted by atomic mass is 9.98. The van der Waals surface area contributed by atoms with Crippen molar-refractivity contribution in [2.75, 3.05) is 5.73 Å². The first kappa shape index (κ1) is 18.3. The minimum Gasteiger partial charge on any atom is -0.475 e. The highest BCUT2D eigenvalue weighted by Gasteiger charge is 2.38. The standard InChI is InChI=1S/C16H14N2.C2HF3O2/c1-11-7-8-13-15(18-11)10-9-14(17)16(13)12-5-3-2-4-6-12;3-2(4,5)1(6)7/h2-10H,17H2,1H3;(H,6,7). The number of rotatable bonds is 1. The molecule has 4 nitrogen and oxygen atoms in total. The van der Waals surface area contributed by atoms with Gasteiger partial charge in [-0.3, -0.25) is 4.98 Å². The van der Waals surface area contributed by atoms with Crippen LogP contribution in [0.15, 0.2) is 54.6 Å². The summed E-state index contributed by atoms with van der Waals surface area (Å²) in [4.78, 5) is 13.4. The molecule has 7 heteroatoms. The topological polar surface area (TPSA) is 76.2 Å². The fourth-order valence-corrected chi connectivity index (χ4v) is 2.25. The summed E-state index contributed by atoms with van der Waals surface area (Å²) < 4.78 is 31.7. The molecule has 3 rings (SSSR count). The molecule has 0 atom stereocenters. The number of benzene rings is 2. The van der Waals surface area contributed by atoms with Gasteiger partial charge >= 0.3 is 12.1 Å². The third-order valence-corrected chi connectivity index (χ3v) is 3.35. The maximum absolute atomic E-state index is 10.6. The quantitative estimate of drug-likeness (QED) is 0.638. The van der Waals surface area contributed by atoms with Gasteiger partial charge in [-0.1, -0.05) is 36.4 Å². The van der Waals surface area contributed by atoms with Crippen LogP contribution in [0.2, 0.25) is 0 Å². The molecule has 130 valence electrons. The van der Waals surface area contributed by atoms with E-state index in [1.807, 2.05) is 43.3 Å². The Kier molecular flexibility index (Phi) is 5.26. The number of nitrogen functional groups attached to an aromatic ring is 1. The Balaban J connectivity index is 0.000000277. The highest BCUT2D eigenvalue weighted by atomic mass is 19.4. The van der Waals surface area contributed by atoms with Crippen LogP contribution in [0.4, 0.5) is 18.9 Å². The van der Waals surface area contributed by atoms with Gasteiger partial charge in [-0.2, -0.15) is 13.2 Å². The van der Waals surface area contributed by atoms with Crippen LogP contribution in [-0.4, -0.2) is 22.2 Å². The monoisotopic (exact) mass is 348 g/mol. The van der Waals surface area contributed by atoms with E-state index in [9.17, 15) is 13.2 Å². The van der Waals surface area contributed by atoms with E-state index < -0.39 is 12.1 Å². The number of aryl methyl sites for hydroxylation is 1. The van der Waals surface area contributed by atoms with E-state index in [4.69, 9.17) is 15.6 Å². The first-order valence-corrected chi connectivity index (χ1v) is 7.21. The Morgan fingerprint density at radius 2 is 1.64 bits per heavy atom. The largest absolute Gasteiger partial charge is 0.490 e. The van der Waals surface area contributed by atoms with Gasteiger partial charge in [0.1, 0.15) is 0 Å². The van der Waals surface area contributed by atoms with Crippen LogP contribution >= 0.6 is 0 Å². The second kappa shape index (κ2) is 7.21. The molecule has 0 spiro atoms. The van der Waals surface area contributed by atoms with Gasteiger partial charge in [-0.05, 0) is 30.7 Å². The molecule has 3 N–H and O–H groups in total. The molecule has 0 radical (unpaired) electrons. The molecule has 3 aromatic rings. The minimum absolute atomic E-state index is 0.791. The Morgan fingerprint density at radius 1 is 1.04 bits per heavy atom. The molecule has 0 aliphatic rings. The molecule has 0 unspecified atom stereocenters. The number of pyridine rings is 1. The average molecular weight is 348 g/mol. The Hall–Kier alpha value is -3.09. The summed E-state index contributed by atoms with van der Waals surface area (Å²) in [6.45, 7) is 2.00. The maximum Gasteiger partial charge on any atom is 0.490 e. The predicted molar refractivity (Wildman–Crippen MR) is 90.0 cm³/mol. The van der Waals surface area contributed by atoms with Crippen molar-refractivity contribution in [3.63, 3.8) is 0 Å². The lowest BCUT2D eigenvalue weighted by Crippen LogP contribution is -2.21. The van der Waals surface area contributed by atoms with Crippen molar-refractivity contribution in [1.29, 1.82) is 0 Å². The number of carbonyl (C=O) groups is 1. The predicted octanol–water partition coefficient (Wildman–Crippen LogP) is 4.43. The van der Waals surface area contributed by atoms with Crippen molar-refractivity contribution >= 4 is 22.6 Å². The van der Waals surface area contributed by atoms with E-state index in [0.29, 0.717) is 0 Å². The molecule has 1 aromatic heterocycles. The molecule has 0 amide bonds. The van der Waals surface area contributed by atoms with Crippen LogP contribution in [0.5, 0.6) is 0 Å². The zero-order chi connectivity index (χ0) is 18.6. The SMILES string of the molecule is Cc1ccc2c(-c3ccccc3)c(N)ccc2n1.O=C(O)C(F)(F)F. The van der Waals surface area contributed by atoms with Gasteiger partial charge in [0.2, 0.25) is 0 Å². The number of carboxylic acids is 1. The average Bonchev–Trinajstić information content (AvgIpc) is 2.55. The number of alkyl halides is 3. The summed E-state index contributed by atoms with van der Waals surface area (Å²) in [5.41, 5.74) is 11.1. The number of aromatic nitrogens is 1. The lowest BCUT2D eigenvalue weighted by Gasteiger charge is -2.10. The van der Waals surface area contributed by atoms with Crippen LogP contribution in [0.1, 0.15) is 5.69 Å². The third kappa shape index (κ3) is 4.47. The zero-order valence-corrected chi connectivity index (χ0v) is 13.2. The molecule has 25 heavy (non-hydrogen) atoms. The van der Waals surface area contributed by atoms with Gasteiger partial charge in [0, 0.05) is 22.3 Å². The van der Waals surface area contributed by atoms with E-state index in [-0.39, 0.29) is 0 Å². The third-order valence-electron chi connectivity index (χ3n) is 3.35. The second-order valence-electron chi connectivity index (χ2n) is 5.22. The summed E-state index contributed by atoms with van der Waals surface area (Å²) in [6.07, 6.45) is -5.08. The van der Waals surface area contributed by atoms with Crippen molar-refractivity contribution < 1.29 is 23.1 Å². The molecule has 0 fully saturated rings. The van der Waals surface area contributed by atoms with Crippen LogP contribution in [0.25, 0.3) is 22.0 Å². The molecule has 1 heterocycles. The first-order chi connectivity index (χ1) is 11.7. The number of fused-ring (bicyclic) bond motifs is 1. The van der Waals surface area contributed by atoms with Gasteiger partial charge in [0.15, 0.2) is 0 Å². The zero-order valence-electron chi connectivity index (χ0n) is 13.2. The second-order valence-corrected chi connectivity index (χ2v) is 5.22. The molecule has 2 aromatic carbocycles. The summed E-state index contributed by atoms with van der Waals surface area (Å²) >= 11 is 0. The van der Waals surface area contributed by atoms with Crippen LogP contribution in [-0.2, 0) is 4.79 Å². The van der Waals surface area contributed by atoms with Crippen molar-refractivity contribution in [3.05, 3.63) is 60.3 Å². The maximum atomic E-state index is 10.6. The fraction of sp³-hybridized carbons (Fsp3) is 0.111. The first-order valence-electron chi connectivity index (χ1n) is 7.21. The highest BCUT2D eigenvalue weighted by Crippen LogP contribution is 2.33. The minimum atomic E-state index is -5.08. The summed E-state index contributed by atoms with van der Waals surface area (Å²) in [5.74, 6) is -2.76. The number of carboxylic acid groups (broad SMARTS) is 1. The highest BCUT2D eigenvalue weighted by molar-refractivity contribution is 6.00. The van der Waals surface area contributed by atoms with Crippen molar-refractivity contribution in [3.8, 4) is 11.1 Å². The number of anilines is 1. The Morgan fingerprint density at radius 3 is 2.20 bits per heavy atom. The van der Waals surface area contributed by atoms with E-state index in [1.54, 1.807) is 0 Å². The summed E-state index contributed by atoms with van der Waals surface area (Å²) in [5, 5.41) is 8.23. The Bertz CT molecular complexity index is 894. The normalized spacial score (nSPS) is 10.9. The van der Waals surface area contributed by atoms with Crippen LogP contribution in [0.3, 0.4) is 0 Å². The van der Waals surface area contributed by atoms with Crippen molar-refractivity contribution in [2.24, 2.45) is 0 Å². The van der Waals surface area contributed by atoms with Gasteiger partial charge < -0.3 is 10.8 Å². The molecule has 0 bridgehead atoms. The number of aliphatic carboxylic acids is 1. The lowest BCUT2D eigenvalue weighted by molar-refractivity contribution is -0.192. The van der Waals surface area contributed by atoms with Gasteiger partial charge in [0.05, 0.1) is 5.52 Å². The fourth-order valence-electron chi connectivity index (χ4n) is 2.25. The number of hydrogen-bond donors (Lipinski definition) is 2. The molecular formula is C18H15F3N2O2. The van der Waals surface area contributed by atoms with E-state index in [1.165, 1.54) is 0 Å². The number of nitrogens with zero attached hydrogens (tertiary/aromatic N) is 1. The van der Waals surface area contributed by atoms with Gasteiger partial charge in [-0.25, -0.2) is 4.79 Å². The van der Waals surface area contributed by atoms with E-state index in [2.05, 4.69) is 23.2 Å². The van der Waals surface area contributed by atoms with Crippen LogP contribution in [0, 0.1) is 6.92 Å². The molecular weight excluding hydrogens is 333 g/mol. The van der Waals surface area contributed by atoms with Crippen LogP contribution < -0.4 is 5.73 Å².